The fraction of sp³-hybridized carbons (Fsp3) is 0.727. The van der Waals surface area contributed by atoms with Gasteiger partial charge in [0.1, 0.15) is 5.82 Å². The van der Waals surface area contributed by atoms with Gasteiger partial charge in [-0.1, -0.05) is 25.6 Å². The quantitative estimate of drug-likeness (QED) is 0.761. The van der Waals surface area contributed by atoms with Gasteiger partial charge >= 0.3 is 0 Å². The molecular formula is C11H20N4OS. The molecule has 0 aromatic carbocycles. The van der Waals surface area contributed by atoms with Gasteiger partial charge < -0.3 is 5.32 Å². The molecule has 2 N–H and O–H groups in total. The highest BCUT2D eigenvalue weighted by Crippen LogP contribution is 2.13. The lowest BCUT2D eigenvalue weighted by Gasteiger charge is -2.24. The van der Waals surface area contributed by atoms with Crippen LogP contribution in [0.5, 0.6) is 0 Å². The molecular weight excluding hydrogens is 236 g/mol. The Bertz CT molecular complexity index is 375. The highest BCUT2D eigenvalue weighted by Gasteiger charge is 2.18. The molecule has 1 aromatic heterocycles. The molecule has 0 spiro atoms. The number of hydrogen-bond acceptors (Lipinski definition) is 4. The van der Waals surface area contributed by atoms with Gasteiger partial charge in [0.2, 0.25) is 11.1 Å². The smallest absolute Gasteiger partial charge is 0.230 e. The number of nitrogens with zero attached hydrogens (tertiary/aromatic N) is 2. The minimum atomic E-state index is -0.148. The minimum absolute atomic E-state index is 0.0182. The molecule has 1 amide bonds. The molecule has 0 unspecified atom stereocenters. The molecule has 1 heterocycles. The van der Waals surface area contributed by atoms with Crippen molar-refractivity contribution in [1.82, 2.24) is 20.5 Å². The van der Waals surface area contributed by atoms with E-state index in [0.717, 1.165) is 18.7 Å². The van der Waals surface area contributed by atoms with Crippen LogP contribution in [0, 0.1) is 0 Å². The zero-order valence-electron chi connectivity index (χ0n) is 10.8. The van der Waals surface area contributed by atoms with Crippen molar-refractivity contribution in [3.8, 4) is 0 Å². The Labute approximate surface area is 106 Å². The van der Waals surface area contributed by atoms with Gasteiger partial charge in [-0.3, -0.25) is 9.89 Å². The summed E-state index contributed by atoms with van der Waals surface area (Å²) >= 11 is 1.35. The van der Waals surface area contributed by atoms with E-state index in [4.69, 9.17) is 0 Å². The molecule has 0 saturated carbocycles. The van der Waals surface area contributed by atoms with Crippen LogP contribution in [0.25, 0.3) is 0 Å². The molecule has 1 aromatic rings. The average Bonchev–Trinajstić information content (AvgIpc) is 2.74. The first kappa shape index (κ1) is 14.0. The number of thioether (sulfide) groups is 1. The van der Waals surface area contributed by atoms with E-state index in [1.165, 1.54) is 11.8 Å². The number of nitrogens with one attached hydrogen (secondary N) is 2. The molecule has 17 heavy (non-hydrogen) atoms. The zero-order valence-corrected chi connectivity index (χ0v) is 11.6. The summed E-state index contributed by atoms with van der Waals surface area (Å²) in [5.41, 5.74) is -0.148. The molecule has 0 radical (unpaired) electrons. The first-order valence-corrected chi connectivity index (χ1v) is 6.80. The van der Waals surface area contributed by atoms with Crippen molar-refractivity contribution in [1.29, 1.82) is 0 Å². The predicted molar refractivity (Wildman–Crippen MR) is 69.0 cm³/mol. The first-order valence-electron chi connectivity index (χ1n) is 5.82. The van der Waals surface area contributed by atoms with Crippen LogP contribution in [0.3, 0.4) is 0 Å². The second-order valence-corrected chi connectivity index (χ2v) is 5.44. The van der Waals surface area contributed by atoms with Crippen LogP contribution in [0.2, 0.25) is 0 Å². The fourth-order valence-corrected chi connectivity index (χ4v) is 1.75. The van der Waals surface area contributed by atoms with Crippen LogP contribution in [-0.2, 0) is 11.2 Å². The Morgan fingerprint density at radius 3 is 2.71 bits per heavy atom. The molecule has 0 atom stereocenters. The second kappa shape index (κ2) is 6.05. The highest BCUT2D eigenvalue weighted by atomic mass is 32.2. The number of H-pyrrole nitrogens is 1. The maximum Gasteiger partial charge on any atom is 0.230 e. The van der Waals surface area contributed by atoms with E-state index in [0.29, 0.717) is 10.9 Å². The summed E-state index contributed by atoms with van der Waals surface area (Å²) in [6, 6.07) is 0. The topological polar surface area (TPSA) is 70.7 Å². The Balaban J connectivity index is 2.38. The molecule has 0 fully saturated rings. The standard InChI is InChI=1S/C11H20N4OS/c1-5-8-12-10(15-14-8)17-7-9(16)13-11(3,4)6-2/h5-7H2,1-4H3,(H,13,16)(H,12,14,15). The molecule has 5 nitrogen and oxygen atoms in total. The van der Waals surface area contributed by atoms with Crippen LogP contribution in [-0.4, -0.2) is 32.4 Å². The summed E-state index contributed by atoms with van der Waals surface area (Å²) in [5, 5.41) is 10.4. The van der Waals surface area contributed by atoms with Gasteiger partial charge in [-0.25, -0.2) is 4.98 Å². The van der Waals surface area contributed by atoms with Crippen molar-refractivity contribution in [2.75, 3.05) is 5.75 Å². The molecule has 0 bridgehead atoms. The highest BCUT2D eigenvalue weighted by molar-refractivity contribution is 7.99. The molecule has 6 heteroatoms. The Morgan fingerprint density at radius 2 is 2.18 bits per heavy atom. The number of aromatic amines is 1. The summed E-state index contributed by atoms with van der Waals surface area (Å²) in [6.45, 7) is 8.08. The van der Waals surface area contributed by atoms with Gasteiger partial charge in [-0.2, -0.15) is 0 Å². The largest absolute Gasteiger partial charge is 0.351 e. The van der Waals surface area contributed by atoms with E-state index in [2.05, 4.69) is 27.4 Å². The van der Waals surface area contributed by atoms with E-state index in [1.807, 2.05) is 20.8 Å². The lowest BCUT2D eigenvalue weighted by molar-refractivity contribution is -0.120. The number of rotatable bonds is 6. The summed E-state index contributed by atoms with van der Waals surface area (Å²) < 4.78 is 0. The predicted octanol–water partition coefficient (Wildman–Crippen LogP) is 1.76. The van der Waals surface area contributed by atoms with Crippen LogP contribution >= 0.6 is 11.8 Å². The van der Waals surface area contributed by atoms with E-state index in [-0.39, 0.29) is 11.4 Å². The van der Waals surface area contributed by atoms with Gasteiger partial charge in [0.05, 0.1) is 5.75 Å². The van der Waals surface area contributed by atoms with E-state index in [9.17, 15) is 4.79 Å². The minimum Gasteiger partial charge on any atom is -0.351 e. The van der Waals surface area contributed by atoms with Crippen molar-refractivity contribution >= 4 is 17.7 Å². The molecule has 1 rings (SSSR count). The number of aromatic nitrogens is 3. The maximum absolute atomic E-state index is 11.7. The van der Waals surface area contributed by atoms with Crippen molar-refractivity contribution < 1.29 is 4.79 Å². The molecule has 0 aliphatic carbocycles. The monoisotopic (exact) mass is 256 g/mol. The third-order valence-electron chi connectivity index (χ3n) is 2.54. The van der Waals surface area contributed by atoms with Gasteiger partial charge in [0, 0.05) is 12.0 Å². The Morgan fingerprint density at radius 1 is 1.47 bits per heavy atom. The first-order chi connectivity index (χ1) is 7.96. The summed E-state index contributed by atoms with van der Waals surface area (Å²) in [7, 11) is 0. The number of carbonyl (C=O) groups excluding carboxylic acids is 1. The van der Waals surface area contributed by atoms with Crippen LogP contribution in [0.15, 0.2) is 5.16 Å². The van der Waals surface area contributed by atoms with Gasteiger partial charge in [0.15, 0.2) is 0 Å². The van der Waals surface area contributed by atoms with E-state index < -0.39 is 0 Å². The maximum atomic E-state index is 11.7. The number of aryl methyl sites for hydroxylation is 1. The zero-order chi connectivity index (χ0) is 12.9. The third kappa shape index (κ3) is 4.77. The van der Waals surface area contributed by atoms with Gasteiger partial charge in [0.25, 0.3) is 0 Å². The fourth-order valence-electron chi connectivity index (χ4n) is 1.13. The summed E-state index contributed by atoms with van der Waals surface area (Å²) in [6.07, 6.45) is 1.73. The van der Waals surface area contributed by atoms with Crippen molar-refractivity contribution in [2.45, 2.75) is 51.2 Å². The lowest BCUT2D eigenvalue weighted by atomic mass is 10.0. The van der Waals surface area contributed by atoms with Crippen molar-refractivity contribution in [2.24, 2.45) is 0 Å². The lowest BCUT2D eigenvalue weighted by Crippen LogP contribution is -2.43. The van der Waals surface area contributed by atoms with Gasteiger partial charge in [-0.05, 0) is 20.3 Å². The van der Waals surface area contributed by atoms with E-state index >= 15 is 0 Å². The van der Waals surface area contributed by atoms with Crippen LogP contribution < -0.4 is 5.32 Å². The molecule has 0 aliphatic rings. The molecule has 0 saturated heterocycles. The third-order valence-corrected chi connectivity index (χ3v) is 3.39. The van der Waals surface area contributed by atoms with Crippen LogP contribution in [0.1, 0.15) is 39.9 Å². The Hall–Kier alpha value is -1.04. The van der Waals surface area contributed by atoms with Crippen molar-refractivity contribution in [3.05, 3.63) is 5.82 Å². The SMILES string of the molecule is CCc1nc(SCC(=O)NC(C)(C)CC)n[nH]1. The summed E-state index contributed by atoms with van der Waals surface area (Å²) in [5.74, 6) is 1.22. The van der Waals surface area contributed by atoms with Crippen molar-refractivity contribution in [3.63, 3.8) is 0 Å². The number of carbonyl (C=O) groups is 1. The Kier molecular flexibility index (Phi) is 4.99. The molecule has 0 aliphatic heterocycles. The van der Waals surface area contributed by atoms with Gasteiger partial charge in [-0.15, -0.1) is 5.10 Å². The van der Waals surface area contributed by atoms with E-state index in [1.54, 1.807) is 0 Å². The number of amides is 1. The normalized spacial score (nSPS) is 11.5. The van der Waals surface area contributed by atoms with Crippen LogP contribution in [0.4, 0.5) is 0 Å². The second-order valence-electron chi connectivity index (χ2n) is 4.49. The number of hydrogen-bond donors (Lipinski definition) is 2. The average molecular weight is 256 g/mol. The summed E-state index contributed by atoms with van der Waals surface area (Å²) in [4.78, 5) is 15.9. The molecule has 96 valence electrons.